The summed E-state index contributed by atoms with van der Waals surface area (Å²) in [6.45, 7) is 9.49. The van der Waals surface area contributed by atoms with E-state index in [4.69, 9.17) is 9.72 Å². The number of anilines is 1. The Morgan fingerprint density at radius 2 is 1.90 bits per heavy atom. The summed E-state index contributed by atoms with van der Waals surface area (Å²) in [5.74, 6) is 1.30. The number of piperidine rings is 1. The number of likely N-dealkylation sites (tertiary alicyclic amines) is 1. The molecule has 0 radical (unpaired) electrons. The molecule has 1 atom stereocenters. The molecule has 0 aliphatic carbocycles. The minimum absolute atomic E-state index is 0.0848. The Kier molecular flexibility index (Phi) is 5.87. The van der Waals surface area contributed by atoms with Crippen LogP contribution in [0.5, 0.6) is 5.75 Å². The maximum absolute atomic E-state index is 12.3. The third-order valence-electron chi connectivity index (χ3n) is 5.94. The molecule has 3 heterocycles. The molecule has 1 aromatic heterocycles. The van der Waals surface area contributed by atoms with Crippen LogP contribution in [0.25, 0.3) is 0 Å². The van der Waals surface area contributed by atoms with Crippen LogP contribution in [-0.4, -0.2) is 59.4 Å². The average molecular weight is 399 g/mol. The SMILES string of the molecule is Cc1cc(CN2CCCC(c3cc(=O)[nH]c(N4CCOCC4)n3)C2)cc(C)c1O. The highest BCUT2D eigenvalue weighted by atomic mass is 16.5. The summed E-state index contributed by atoms with van der Waals surface area (Å²) in [6, 6.07) is 5.79. The van der Waals surface area contributed by atoms with Gasteiger partial charge in [0, 0.05) is 38.2 Å². The quantitative estimate of drug-likeness (QED) is 0.823. The number of aryl methyl sites for hydroxylation is 2. The zero-order chi connectivity index (χ0) is 20.4. The van der Waals surface area contributed by atoms with Gasteiger partial charge in [-0.25, -0.2) is 4.98 Å². The summed E-state index contributed by atoms with van der Waals surface area (Å²) in [5.41, 5.74) is 3.85. The summed E-state index contributed by atoms with van der Waals surface area (Å²) in [7, 11) is 0. The highest BCUT2D eigenvalue weighted by Crippen LogP contribution is 2.28. The highest BCUT2D eigenvalue weighted by molar-refractivity contribution is 5.42. The van der Waals surface area contributed by atoms with Gasteiger partial charge < -0.3 is 14.7 Å². The molecule has 2 fully saturated rings. The highest BCUT2D eigenvalue weighted by Gasteiger charge is 2.24. The van der Waals surface area contributed by atoms with Crippen molar-refractivity contribution in [3.05, 3.63) is 50.9 Å². The van der Waals surface area contributed by atoms with Crippen LogP contribution in [0.15, 0.2) is 23.0 Å². The molecule has 2 N–H and O–H groups in total. The van der Waals surface area contributed by atoms with E-state index in [1.54, 1.807) is 6.07 Å². The number of phenolic OH excluding ortho intramolecular Hbond substituents is 1. The molecule has 2 saturated heterocycles. The Balaban J connectivity index is 1.49. The predicted octanol–water partition coefficient (Wildman–Crippen LogP) is 2.31. The van der Waals surface area contributed by atoms with E-state index < -0.39 is 0 Å². The standard InChI is InChI=1S/C22H30N4O3/c1-15-10-17(11-16(2)21(15)28)13-25-5-3-4-18(14-25)19-12-20(27)24-22(23-19)26-6-8-29-9-7-26/h10-12,18,28H,3-9,13-14H2,1-2H3,(H,23,24,27). The fraction of sp³-hybridized carbons (Fsp3) is 0.545. The number of benzene rings is 1. The number of rotatable bonds is 4. The van der Waals surface area contributed by atoms with E-state index >= 15 is 0 Å². The zero-order valence-electron chi connectivity index (χ0n) is 17.3. The van der Waals surface area contributed by atoms with Crippen molar-refractivity contribution in [2.24, 2.45) is 0 Å². The molecule has 156 valence electrons. The minimum Gasteiger partial charge on any atom is -0.507 e. The monoisotopic (exact) mass is 398 g/mol. The number of nitrogens with zero attached hydrogens (tertiary/aromatic N) is 3. The van der Waals surface area contributed by atoms with Crippen LogP contribution in [0.4, 0.5) is 5.95 Å². The Labute approximate surface area is 171 Å². The number of ether oxygens (including phenoxy) is 1. The van der Waals surface area contributed by atoms with Crippen molar-refractivity contribution < 1.29 is 9.84 Å². The summed E-state index contributed by atoms with van der Waals surface area (Å²) in [4.78, 5) is 24.5. The number of hydrogen-bond acceptors (Lipinski definition) is 6. The van der Waals surface area contributed by atoms with Crippen LogP contribution in [0.2, 0.25) is 0 Å². The smallest absolute Gasteiger partial charge is 0.252 e. The van der Waals surface area contributed by atoms with Crippen molar-refractivity contribution in [3.63, 3.8) is 0 Å². The number of hydrogen-bond donors (Lipinski definition) is 2. The van der Waals surface area contributed by atoms with Gasteiger partial charge in [0.1, 0.15) is 5.75 Å². The van der Waals surface area contributed by atoms with Crippen molar-refractivity contribution in [3.8, 4) is 5.75 Å². The summed E-state index contributed by atoms with van der Waals surface area (Å²) in [6.07, 6.45) is 2.13. The summed E-state index contributed by atoms with van der Waals surface area (Å²) >= 11 is 0. The Bertz CT molecular complexity index is 898. The van der Waals surface area contributed by atoms with Crippen LogP contribution in [0.1, 0.15) is 41.1 Å². The summed E-state index contributed by atoms with van der Waals surface area (Å²) in [5, 5.41) is 10.0. The third kappa shape index (κ3) is 4.62. The number of morpholine rings is 1. The zero-order valence-corrected chi connectivity index (χ0v) is 17.3. The number of nitrogens with one attached hydrogen (secondary N) is 1. The van der Waals surface area contributed by atoms with Crippen LogP contribution in [-0.2, 0) is 11.3 Å². The van der Waals surface area contributed by atoms with Crippen LogP contribution in [0, 0.1) is 13.8 Å². The largest absolute Gasteiger partial charge is 0.507 e. The van der Waals surface area contributed by atoms with Crippen LogP contribution in [0.3, 0.4) is 0 Å². The molecule has 7 heteroatoms. The molecule has 0 spiro atoms. The Hall–Kier alpha value is -2.38. The van der Waals surface area contributed by atoms with E-state index in [1.165, 1.54) is 5.56 Å². The van der Waals surface area contributed by atoms with Crippen molar-refractivity contribution in [1.29, 1.82) is 0 Å². The van der Waals surface area contributed by atoms with Gasteiger partial charge in [0.05, 0.1) is 18.9 Å². The van der Waals surface area contributed by atoms with Crippen LogP contribution >= 0.6 is 0 Å². The predicted molar refractivity (Wildman–Crippen MR) is 113 cm³/mol. The third-order valence-corrected chi connectivity index (χ3v) is 5.94. The van der Waals surface area contributed by atoms with E-state index in [-0.39, 0.29) is 11.5 Å². The second-order valence-electron chi connectivity index (χ2n) is 8.25. The number of aromatic hydroxyl groups is 1. The molecule has 29 heavy (non-hydrogen) atoms. The summed E-state index contributed by atoms with van der Waals surface area (Å²) < 4.78 is 5.41. The number of aromatic nitrogens is 2. The molecule has 2 aromatic rings. The van der Waals surface area contributed by atoms with Gasteiger partial charge in [0.15, 0.2) is 0 Å². The molecule has 2 aliphatic rings. The topological polar surface area (TPSA) is 81.7 Å². The maximum Gasteiger partial charge on any atom is 0.252 e. The van der Waals surface area contributed by atoms with Gasteiger partial charge in [-0.1, -0.05) is 12.1 Å². The first kappa shape index (κ1) is 19.9. The van der Waals surface area contributed by atoms with E-state index in [2.05, 4.69) is 26.9 Å². The Morgan fingerprint density at radius 1 is 1.17 bits per heavy atom. The van der Waals surface area contributed by atoms with Crippen molar-refractivity contribution in [1.82, 2.24) is 14.9 Å². The molecule has 1 unspecified atom stereocenters. The molecule has 0 bridgehead atoms. The molecule has 0 saturated carbocycles. The van der Waals surface area contributed by atoms with E-state index in [1.807, 2.05) is 13.8 Å². The molecule has 7 nitrogen and oxygen atoms in total. The number of aromatic amines is 1. The fourth-order valence-corrected chi connectivity index (χ4v) is 4.43. The fourth-order valence-electron chi connectivity index (χ4n) is 4.43. The van der Waals surface area contributed by atoms with Crippen molar-refractivity contribution >= 4 is 5.95 Å². The molecule has 0 amide bonds. The molecule has 4 rings (SSSR count). The van der Waals surface area contributed by atoms with Gasteiger partial charge in [-0.15, -0.1) is 0 Å². The molecular formula is C22H30N4O3. The Morgan fingerprint density at radius 3 is 2.62 bits per heavy atom. The first-order chi connectivity index (χ1) is 14.0. The van der Waals surface area contributed by atoms with Gasteiger partial charge in [-0.3, -0.25) is 14.7 Å². The second kappa shape index (κ2) is 8.55. The normalized spacial score (nSPS) is 20.8. The molecule has 1 aromatic carbocycles. The average Bonchev–Trinajstić information content (AvgIpc) is 2.72. The molecular weight excluding hydrogens is 368 g/mol. The lowest BCUT2D eigenvalue weighted by Crippen LogP contribution is -2.39. The van der Waals surface area contributed by atoms with Gasteiger partial charge in [-0.2, -0.15) is 0 Å². The lowest BCUT2D eigenvalue weighted by atomic mass is 9.94. The second-order valence-corrected chi connectivity index (χ2v) is 8.25. The van der Waals surface area contributed by atoms with Crippen molar-refractivity contribution in [2.45, 2.75) is 39.2 Å². The lowest BCUT2D eigenvalue weighted by Gasteiger charge is -2.33. The van der Waals surface area contributed by atoms with Gasteiger partial charge in [0.25, 0.3) is 5.56 Å². The van der Waals surface area contributed by atoms with Crippen LogP contribution < -0.4 is 10.5 Å². The van der Waals surface area contributed by atoms with Crippen molar-refractivity contribution in [2.75, 3.05) is 44.3 Å². The first-order valence-corrected chi connectivity index (χ1v) is 10.4. The van der Waals surface area contributed by atoms with E-state index in [0.29, 0.717) is 24.9 Å². The first-order valence-electron chi connectivity index (χ1n) is 10.4. The van der Waals surface area contributed by atoms with Gasteiger partial charge in [0.2, 0.25) is 5.95 Å². The van der Waals surface area contributed by atoms with E-state index in [9.17, 15) is 9.90 Å². The molecule has 2 aliphatic heterocycles. The lowest BCUT2D eigenvalue weighted by molar-refractivity contribution is 0.122. The number of phenols is 1. The maximum atomic E-state index is 12.3. The van der Waals surface area contributed by atoms with Gasteiger partial charge >= 0.3 is 0 Å². The van der Waals surface area contributed by atoms with Gasteiger partial charge in [-0.05, 0) is 49.9 Å². The van der Waals surface area contributed by atoms with E-state index in [0.717, 1.165) is 62.4 Å². The number of H-pyrrole nitrogens is 1. The minimum atomic E-state index is -0.0848.